The van der Waals surface area contributed by atoms with Crippen LogP contribution in [0.3, 0.4) is 0 Å². The van der Waals surface area contributed by atoms with Crippen LogP contribution in [0.2, 0.25) is 0 Å². The summed E-state index contributed by atoms with van der Waals surface area (Å²) in [6.45, 7) is 3.04. The van der Waals surface area contributed by atoms with Gasteiger partial charge in [0.15, 0.2) is 0 Å². The Morgan fingerprint density at radius 3 is 2.68 bits per heavy atom. The highest BCUT2D eigenvalue weighted by Gasteiger charge is 2.27. The van der Waals surface area contributed by atoms with Gasteiger partial charge in [-0.05, 0) is 47.8 Å². The highest BCUT2D eigenvalue weighted by Crippen LogP contribution is 2.20. The number of rotatable bonds is 4. The number of anilines is 1. The summed E-state index contributed by atoms with van der Waals surface area (Å²) in [6, 6.07) is 3.46. The van der Waals surface area contributed by atoms with Crippen LogP contribution >= 0.6 is 15.9 Å². The highest BCUT2D eigenvalue weighted by molar-refractivity contribution is 9.10. The number of carbonyl (C=O) groups excluding carboxylic acids is 2. The molecule has 2 heterocycles. The Kier molecular flexibility index (Phi) is 5.90. The first-order valence-electron chi connectivity index (χ1n) is 7.41. The van der Waals surface area contributed by atoms with E-state index in [4.69, 9.17) is 5.73 Å². The van der Waals surface area contributed by atoms with Gasteiger partial charge in [0.25, 0.3) is 0 Å². The van der Waals surface area contributed by atoms with E-state index in [2.05, 4.69) is 26.2 Å². The largest absolute Gasteiger partial charge is 0.343 e. The van der Waals surface area contributed by atoms with Crippen molar-refractivity contribution in [3.63, 3.8) is 0 Å². The molecule has 1 fully saturated rings. The van der Waals surface area contributed by atoms with Crippen molar-refractivity contribution in [2.24, 2.45) is 11.7 Å². The summed E-state index contributed by atoms with van der Waals surface area (Å²) in [5, 5.41) is 2.82. The summed E-state index contributed by atoms with van der Waals surface area (Å²) in [5.41, 5.74) is 5.65. The maximum absolute atomic E-state index is 12.2. The molecular weight excluding hydrogens is 348 g/mol. The SMILES string of the molecule is CC(N)CC(=O)N1CCC(C(=O)Nc2ccc(Br)cn2)CC1. The van der Waals surface area contributed by atoms with Crippen LogP contribution in [-0.2, 0) is 9.59 Å². The number of hydrogen-bond donors (Lipinski definition) is 2. The van der Waals surface area contributed by atoms with Gasteiger partial charge in [-0.2, -0.15) is 0 Å². The van der Waals surface area contributed by atoms with Crippen LogP contribution in [0.15, 0.2) is 22.8 Å². The Morgan fingerprint density at radius 2 is 2.14 bits per heavy atom. The van der Waals surface area contributed by atoms with Crippen molar-refractivity contribution in [3.8, 4) is 0 Å². The molecule has 3 N–H and O–H groups in total. The first-order valence-corrected chi connectivity index (χ1v) is 8.21. The molecule has 1 aliphatic heterocycles. The molecule has 2 amide bonds. The third-order valence-electron chi connectivity index (χ3n) is 3.69. The molecule has 1 atom stereocenters. The zero-order chi connectivity index (χ0) is 16.1. The topological polar surface area (TPSA) is 88.3 Å². The minimum atomic E-state index is -0.128. The van der Waals surface area contributed by atoms with Crippen LogP contribution in [0.1, 0.15) is 26.2 Å². The Bertz CT molecular complexity index is 525. The second-order valence-electron chi connectivity index (χ2n) is 5.69. The van der Waals surface area contributed by atoms with Crippen LogP contribution in [0.5, 0.6) is 0 Å². The lowest BCUT2D eigenvalue weighted by molar-refractivity contribution is -0.134. The molecule has 1 aromatic rings. The van der Waals surface area contributed by atoms with Crippen molar-refractivity contribution >= 4 is 33.6 Å². The van der Waals surface area contributed by atoms with Crippen molar-refractivity contribution in [1.82, 2.24) is 9.88 Å². The van der Waals surface area contributed by atoms with Crippen molar-refractivity contribution in [2.45, 2.75) is 32.2 Å². The van der Waals surface area contributed by atoms with Gasteiger partial charge in [-0.15, -0.1) is 0 Å². The first kappa shape index (κ1) is 16.9. The molecule has 0 aromatic carbocycles. The van der Waals surface area contributed by atoms with Crippen LogP contribution < -0.4 is 11.1 Å². The fourth-order valence-corrected chi connectivity index (χ4v) is 2.71. The van der Waals surface area contributed by atoms with E-state index in [1.54, 1.807) is 17.2 Å². The number of likely N-dealkylation sites (tertiary alicyclic amines) is 1. The lowest BCUT2D eigenvalue weighted by Crippen LogP contribution is -2.42. The maximum atomic E-state index is 12.2. The molecule has 0 saturated carbocycles. The molecule has 0 bridgehead atoms. The number of nitrogens with zero attached hydrogens (tertiary/aromatic N) is 2. The standard InChI is InChI=1S/C15H21BrN4O2/c1-10(17)8-14(21)20-6-4-11(5-7-20)15(22)19-13-3-2-12(16)9-18-13/h2-3,9-11H,4-8,17H2,1H3,(H,18,19,22). The van der Waals surface area contributed by atoms with Gasteiger partial charge in [-0.3, -0.25) is 9.59 Å². The third kappa shape index (κ3) is 4.78. The van der Waals surface area contributed by atoms with Gasteiger partial charge in [0.2, 0.25) is 11.8 Å². The number of nitrogens with two attached hydrogens (primary N) is 1. The molecule has 0 spiro atoms. The molecule has 120 valence electrons. The highest BCUT2D eigenvalue weighted by atomic mass is 79.9. The van der Waals surface area contributed by atoms with Gasteiger partial charge >= 0.3 is 0 Å². The summed E-state index contributed by atoms with van der Waals surface area (Å²) in [6.07, 6.45) is 3.35. The number of carbonyl (C=O) groups is 2. The number of hydrogen-bond acceptors (Lipinski definition) is 4. The molecule has 6 nitrogen and oxygen atoms in total. The summed E-state index contributed by atoms with van der Waals surface area (Å²) in [7, 11) is 0. The second kappa shape index (κ2) is 7.69. The van der Waals surface area contributed by atoms with E-state index in [9.17, 15) is 9.59 Å². The van der Waals surface area contributed by atoms with E-state index in [1.807, 2.05) is 13.0 Å². The van der Waals surface area contributed by atoms with E-state index < -0.39 is 0 Å². The monoisotopic (exact) mass is 368 g/mol. The van der Waals surface area contributed by atoms with Crippen molar-refractivity contribution in [2.75, 3.05) is 18.4 Å². The van der Waals surface area contributed by atoms with Gasteiger partial charge in [-0.1, -0.05) is 0 Å². The van der Waals surface area contributed by atoms with E-state index in [0.29, 0.717) is 38.2 Å². The minimum absolute atomic E-state index is 0.0332. The van der Waals surface area contributed by atoms with Crippen molar-refractivity contribution < 1.29 is 9.59 Å². The molecule has 0 radical (unpaired) electrons. The van der Waals surface area contributed by atoms with E-state index >= 15 is 0 Å². The smallest absolute Gasteiger partial charge is 0.228 e. The molecule has 1 aromatic heterocycles. The van der Waals surface area contributed by atoms with Gasteiger partial charge in [0.05, 0.1) is 0 Å². The Labute approximate surface area is 138 Å². The minimum Gasteiger partial charge on any atom is -0.343 e. The molecule has 1 saturated heterocycles. The number of nitrogens with one attached hydrogen (secondary N) is 1. The van der Waals surface area contributed by atoms with Gasteiger partial charge in [0, 0.05) is 42.1 Å². The first-order chi connectivity index (χ1) is 10.5. The Balaban J connectivity index is 1.82. The average molecular weight is 369 g/mol. The maximum Gasteiger partial charge on any atom is 0.228 e. The fourth-order valence-electron chi connectivity index (χ4n) is 2.47. The van der Waals surface area contributed by atoms with Crippen LogP contribution in [0, 0.1) is 5.92 Å². The fraction of sp³-hybridized carbons (Fsp3) is 0.533. The second-order valence-corrected chi connectivity index (χ2v) is 6.60. The number of pyridine rings is 1. The molecule has 0 aliphatic carbocycles. The zero-order valence-electron chi connectivity index (χ0n) is 12.6. The Morgan fingerprint density at radius 1 is 1.45 bits per heavy atom. The van der Waals surface area contributed by atoms with Gasteiger partial charge in [0.1, 0.15) is 5.82 Å². The number of aromatic nitrogens is 1. The van der Waals surface area contributed by atoms with E-state index in [-0.39, 0.29) is 23.8 Å². The molecule has 2 rings (SSSR count). The number of piperidine rings is 1. The lowest BCUT2D eigenvalue weighted by Gasteiger charge is -2.31. The predicted octanol–water partition coefficient (Wildman–Crippen LogP) is 1.76. The number of halogens is 1. The van der Waals surface area contributed by atoms with Crippen LogP contribution in [-0.4, -0.2) is 40.8 Å². The third-order valence-corrected chi connectivity index (χ3v) is 4.16. The quantitative estimate of drug-likeness (QED) is 0.847. The van der Waals surface area contributed by atoms with Gasteiger partial charge < -0.3 is 16.0 Å². The molecular formula is C15H21BrN4O2. The van der Waals surface area contributed by atoms with Crippen molar-refractivity contribution in [1.29, 1.82) is 0 Å². The zero-order valence-corrected chi connectivity index (χ0v) is 14.2. The van der Waals surface area contributed by atoms with Crippen molar-refractivity contribution in [3.05, 3.63) is 22.8 Å². The summed E-state index contributed by atoms with van der Waals surface area (Å²) >= 11 is 3.30. The number of amides is 2. The predicted molar refractivity (Wildman–Crippen MR) is 88.1 cm³/mol. The van der Waals surface area contributed by atoms with Crippen LogP contribution in [0.25, 0.3) is 0 Å². The normalized spacial score (nSPS) is 17.1. The van der Waals surface area contributed by atoms with Crippen LogP contribution in [0.4, 0.5) is 5.82 Å². The summed E-state index contributed by atoms with van der Waals surface area (Å²) in [4.78, 5) is 30.1. The average Bonchev–Trinajstić information content (AvgIpc) is 2.49. The van der Waals surface area contributed by atoms with E-state index in [1.165, 1.54) is 0 Å². The summed E-state index contributed by atoms with van der Waals surface area (Å²) in [5.74, 6) is 0.506. The summed E-state index contributed by atoms with van der Waals surface area (Å²) < 4.78 is 0.867. The Hall–Kier alpha value is -1.47. The molecule has 1 unspecified atom stereocenters. The molecule has 1 aliphatic rings. The van der Waals surface area contributed by atoms with E-state index in [0.717, 1.165) is 4.47 Å². The van der Waals surface area contributed by atoms with Gasteiger partial charge in [-0.25, -0.2) is 4.98 Å². The molecule has 7 heteroatoms. The lowest BCUT2D eigenvalue weighted by atomic mass is 9.95. The molecule has 22 heavy (non-hydrogen) atoms.